The van der Waals surface area contributed by atoms with Crippen molar-refractivity contribution in [3.63, 3.8) is 0 Å². The van der Waals surface area contributed by atoms with Crippen LogP contribution >= 0.6 is 0 Å². The van der Waals surface area contributed by atoms with E-state index in [1.54, 1.807) is 7.11 Å². The summed E-state index contributed by atoms with van der Waals surface area (Å²) in [7, 11) is 5.51. The molecule has 0 aliphatic rings. The molecule has 0 fully saturated rings. The molecule has 60 valence electrons. The second kappa shape index (κ2) is 5.26. The minimum atomic E-state index is 0.284. The number of hydrogen-bond donors (Lipinski definition) is 0. The Bertz CT molecular complexity index is 102. The number of ether oxygens (including phenoxy) is 2. The quantitative estimate of drug-likeness (QED) is 0.419. The molecule has 0 saturated carbocycles. The third-order valence-electron chi connectivity index (χ3n) is 0.873. The van der Waals surface area contributed by atoms with E-state index >= 15 is 0 Å². The van der Waals surface area contributed by atoms with Gasteiger partial charge in [-0.25, -0.2) is 0 Å². The van der Waals surface area contributed by atoms with E-state index in [1.165, 1.54) is 0 Å². The molecule has 0 heterocycles. The molecule has 10 heavy (non-hydrogen) atoms. The maximum Gasteiger partial charge on any atom is 0.188 e. The first-order valence-electron chi connectivity index (χ1n) is 3.11. The second-order valence-corrected chi connectivity index (χ2v) is 2.33. The Kier molecular flexibility index (Phi) is 4.98. The summed E-state index contributed by atoms with van der Waals surface area (Å²) in [5.41, 5.74) is 0. The minimum absolute atomic E-state index is 0.284. The summed E-state index contributed by atoms with van der Waals surface area (Å²) in [6.07, 6.45) is 0. The van der Waals surface area contributed by atoms with Crippen LogP contribution in [-0.4, -0.2) is 39.4 Å². The van der Waals surface area contributed by atoms with E-state index in [0.717, 1.165) is 12.3 Å². The molecule has 0 aromatic heterocycles. The monoisotopic (exact) mass is 145 g/mol. The highest BCUT2D eigenvalue weighted by Crippen LogP contribution is 1.93. The highest BCUT2D eigenvalue weighted by molar-refractivity contribution is 4.84. The van der Waals surface area contributed by atoms with Crippen LogP contribution < -0.4 is 0 Å². The summed E-state index contributed by atoms with van der Waals surface area (Å²) in [5.74, 6) is 0.729. The minimum Gasteiger partial charge on any atom is -0.471 e. The van der Waals surface area contributed by atoms with Crippen LogP contribution in [0.1, 0.15) is 0 Å². The van der Waals surface area contributed by atoms with Gasteiger partial charge in [-0.15, -0.1) is 0 Å². The summed E-state index contributed by atoms with van der Waals surface area (Å²) < 4.78 is 9.74. The van der Waals surface area contributed by atoms with E-state index in [0.29, 0.717) is 0 Å². The van der Waals surface area contributed by atoms with Crippen molar-refractivity contribution in [1.82, 2.24) is 4.90 Å². The van der Waals surface area contributed by atoms with Crippen LogP contribution in [0.25, 0.3) is 0 Å². The highest BCUT2D eigenvalue weighted by Gasteiger charge is 1.94. The summed E-state index contributed by atoms with van der Waals surface area (Å²) in [6, 6.07) is 0. The maximum absolute atomic E-state index is 5.04. The molecule has 3 heteroatoms. The van der Waals surface area contributed by atoms with Crippen LogP contribution in [-0.2, 0) is 9.47 Å². The molecule has 0 saturated heterocycles. The molecule has 0 aliphatic heterocycles. The topological polar surface area (TPSA) is 21.7 Å². The van der Waals surface area contributed by atoms with Crippen molar-refractivity contribution in [2.24, 2.45) is 0 Å². The van der Waals surface area contributed by atoms with Crippen LogP contribution in [0, 0.1) is 0 Å². The van der Waals surface area contributed by atoms with Crippen molar-refractivity contribution in [1.29, 1.82) is 0 Å². The molecule has 0 spiro atoms. The number of rotatable bonds is 5. The average Bonchev–Trinajstić information content (AvgIpc) is 1.82. The van der Waals surface area contributed by atoms with E-state index in [1.807, 2.05) is 19.0 Å². The van der Waals surface area contributed by atoms with Crippen molar-refractivity contribution in [2.75, 3.05) is 34.5 Å². The Labute approximate surface area is 62.2 Å². The lowest BCUT2D eigenvalue weighted by Crippen LogP contribution is -2.16. The molecule has 0 radical (unpaired) electrons. The van der Waals surface area contributed by atoms with Crippen molar-refractivity contribution < 1.29 is 9.47 Å². The first-order chi connectivity index (χ1) is 4.66. The van der Waals surface area contributed by atoms with E-state index < -0.39 is 0 Å². The fourth-order valence-corrected chi connectivity index (χ4v) is 0.541. The summed E-state index contributed by atoms with van der Waals surface area (Å²) in [6.45, 7) is 4.71. The smallest absolute Gasteiger partial charge is 0.188 e. The number of likely N-dealkylation sites (N-methyl/N-ethyl adjacent to an activating group) is 1. The molecule has 0 rings (SSSR count). The first-order valence-corrected chi connectivity index (χ1v) is 3.11. The Balaban J connectivity index is 3.26. The SMILES string of the molecule is C=C(CN(C)C)OCOC. The van der Waals surface area contributed by atoms with E-state index in [4.69, 9.17) is 9.47 Å². The van der Waals surface area contributed by atoms with Gasteiger partial charge in [0.05, 0.1) is 6.54 Å². The summed E-state index contributed by atoms with van der Waals surface area (Å²) in [4.78, 5) is 1.98. The standard InChI is InChI=1S/C7H15NO2/c1-7(5-8(2)3)10-6-9-4/h1,5-6H2,2-4H3. The lowest BCUT2D eigenvalue weighted by atomic mass is 10.5. The third-order valence-corrected chi connectivity index (χ3v) is 0.873. The molecule has 0 unspecified atom stereocenters. The second-order valence-electron chi connectivity index (χ2n) is 2.33. The van der Waals surface area contributed by atoms with Crippen molar-refractivity contribution in [2.45, 2.75) is 0 Å². The van der Waals surface area contributed by atoms with Gasteiger partial charge in [0, 0.05) is 7.11 Å². The Morgan fingerprint density at radius 2 is 2.10 bits per heavy atom. The van der Waals surface area contributed by atoms with E-state index in [-0.39, 0.29) is 6.79 Å². The van der Waals surface area contributed by atoms with E-state index in [2.05, 4.69) is 6.58 Å². The van der Waals surface area contributed by atoms with Gasteiger partial charge in [0.25, 0.3) is 0 Å². The van der Waals surface area contributed by atoms with E-state index in [9.17, 15) is 0 Å². The van der Waals surface area contributed by atoms with Gasteiger partial charge in [-0.1, -0.05) is 6.58 Å². The fourth-order valence-electron chi connectivity index (χ4n) is 0.541. The van der Waals surface area contributed by atoms with Crippen molar-refractivity contribution in [3.8, 4) is 0 Å². The van der Waals surface area contributed by atoms with Gasteiger partial charge in [-0.05, 0) is 14.1 Å². The molecule has 0 atom stereocenters. The average molecular weight is 145 g/mol. The zero-order chi connectivity index (χ0) is 7.98. The van der Waals surface area contributed by atoms with Gasteiger partial charge < -0.3 is 14.4 Å². The van der Waals surface area contributed by atoms with Crippen LogP contribution in [0.3, 0.4) is 0 Å². The molecule has 0 N–H and O–H groups in total. The van der Waals surface area contributed by atoms with Crippen molar-refractivity contribution in [3.05, 3.63) is 12.3 Å². The van der Waals surface area contributed by atoms with Gasteiger partial charge >= 0.3 is 0 Å². The predicted molar refractivity (Wildman–Crippen MR) is 40.7 cm³/mol. The largest absolute Gasteiger partial charge is 0.471 e. The number of hydrogen-bond acceptors (Lipinski definition) is 3. The van der Waals surface area contributed by atoms with Crippen LogP contribution in [0.5, 0.6) is 0 Å². The third kappa shape index (κ3) is 5.59. The van der Waals surface area contributed by atoms with Gasteiger partial charge in [-0.2, -0.15) is 0 Å². The molecule has 0 bridgehead atoms. The van der Waals surface area contributed by atoms with Gasteiger partial charge in [0.1, 0.15) is 5.76 Å². The lowest BCUT2D eigenvalue weighted by molar-refractivity contribution is 0.00101. The number of nitrogens with zero attached hydrogens (tertiary/aromatic N) is 1. The predicted octanol–water partition coefficient (Wildman–Crippen LogP) is 0.682. The Morgan fingerprint density at radius 3 is 2.50 bits per heavy atom. The Hall–Kier alpha value is -0.540. The maximum atomic E-state index is 5.04. The zero-order valence-electron chi connectivity index (χ0n) is 6.89. The summed E-state index contributed by atoms with van der Waals surface area (Å²) >= 11 is 0. The van der Waals surface area contributed by atoms with Gasteiger partial charge in [0.2, 0.25) is 0 Å². The highest BCUT2D eigenvalue weighted by atomic mass is 16.7. The molecule has 0 amide bonds. The van der Waals surface area contributed by atoms with Gasteiger partial charge in [-0.3, -0.25) is 0 Å². The number of methoxy groups -OCH3 is 1. The molecular weight excluding hydrogens is 130 g/mol. The molecular formula is C7H15NO2. The normalized spacial score (nSPS) is 10.0. The first kappa shape index (κ1) is 9.46. The fraction of sp³-hybridized carbons (Fsp3) is 0.714. The molecule has 0 aliphatic carbocycles. The van der Waals surface area contributed by atoms with Crippen LogP contribution in [0.15, 0.2) is 12.3 Å². The molecule has 0 aromatic carbocycles. The van der Waals surface area contributed by atoms with Gasteiger partial charge in [0.15, 0.2) is 6.79 Å². The molecule has 0 aromatic rings. The lowest BCUT2D eigenvalue weighted by Gasteiger charge is -2.12. The Morgan fingerprint density at radius 1 is 1.50 bits per heavy atom. The van der Waals surface area contributed by atoms with Crippen LogP contribution in [0.2, 0.25) is 0 Å². The molecule has 3 nitrogen and oxygen atoms in total. The zero-order valence-corrected chi connectivity index (χ0v) is 6.89. The van der Waals surface area contributed by atoms with Crippen molar-refractivity contribution >= 4 is 0 Å². The van der Waals surface area contributed by atoms with Crippen LogP contribution in [0.4, 0.5) is 0 Å². The summed E-state index contributed by atoms with van der Waals surface area (Å²) in [5, 5.41) is 0.